The first-order valence-electron chi connectivity index (χ1n) is 8.47. The maximum absolute atomic E-state index is 6.07. The van der Waals surface area contributed by atoms with Crippen LogP contribution in [0.5, 0.6) is 0 Å². The maximum atomic E-state index is 6.07. The predicted molar refractivity (Wildman–Crippen MR) is 80.0 cm³/mol. The van der Waals surface area contributed by atoms with E-state index in [0.29, 0.717) is 12.2 Å². The van der Waals surface area contributed by atoms with Gasteiger partial charge in [0.05, 0.1) is 18.8 Å². The number of ether oxygens (including phenoxy) is 2. The molecule has 0 aromatic carbocycles. The summed E-state index contributed by atoms with van der Waals surface area (Å²) in [5.41, 5.74) is 0. The fourth-order valence-electron chi connectivity index (χ4n) is 3.29. The van der Waals surface area contributed by atoms with Crippen LogP contribution in [0.4, 0.5) is 0 Å². The molecule has 0 amide bonds. The number of piperidine rings is 1. The Labute approximate surface area is 123 Å². The standard InChI is InChI=1S/C16H30N2O2/c1-14-11-18(9-10-19-14)8-7-17-6-2-3-16(12-17)20-13-15-4-5-15/h14-16H,2-13H2,1H3/t14-,16+/m1/s1. The predicted octanol–water partition coefficient (Wildman–Crippen LogP) is 1.60. The monoisotopic (exact) mass is 282 g/mol. The Morgan fingerprint density at radius 2 is 1.85 bits per heavy atom. The van der Waals surface area contributed by atoms with Gasteiger partial charge < -0.3 is 9.47 Å². The molecule has 1 aliphatic carbocycles. The maximum Gasteiger partial charge on any atom is 0.0702 e. The Bertz CT molecular complexity index is 296. The first-order valence-corrected chi connectivity index (χ1v) is 8.47. The molecule has 2 atom stereocenters. The van der Waals surface area contributed by atoms with Crippen LogP contribution in [0.25, 0.3) is 0 Å². The van der Waals surface area contributed by atoms with E-state index in [9.17, 15) is 0 Å². The molecule has 1 saturated carbocycles. The van der Waals surface area contributed by atoms with E-state index in [4.69, 9.17) is 9.47 Å². The number of hydrogen-bond acceptors (Lipinski definition) is 4. The van der Waals surface area contributed by atoms with Crippen LogP contribution in [0.2, 0.25) is 0 Å². The van der Waals surface area contributed by atoms with Crippen LogP contribution >= 0.6 is 0 Å². The lowest BCUT2D eigenvalue weighted by Crippen LogP contribution is -2.47. The first kappa shape index (κ1) is 14.8. The quantitative estimate of drug-likeness (QED) is 0.739. The number of hydrogen-bond donors (Lipinski definition) is 0. The van der Waals surface area contributed by atoms with Crippen LogP contribution < -0.4 is 0 Å². The summed E-state index contributed by atoms with van der Waals surface area (Å²) in [6.45, 7) is 11.0. The third kappa shape index (κ3) is 4.69. The number of rotatable bonds is 6. The van der Waals surface area contributed by atoms with Crippen molar-refractivity contribution in [2.75, 3.05) is 52.5 Å². The Balaban J connectivity index is 1.33. The summed E-state index contributed by atoms with van der Waals surface area (Å²) >= 11 is 0. The Morgan fingerprint density at radius 1 is 1.05 bits per heavy atom. The van der Waals surface area contributed by atoms with Gasteiger partial charge in [0.2, 0.25) is 0 Å². The second-order valence-corrected chi connectivity index (χ2v) is 6.82. The Kier molecular flexibility index (Phi) is 5.32. The highest BCUT2D eigenvalue weighted by molar-refractivity contribution is 4.78. The summed E-state index contributed by atoms with van der Waals surface area (Å²) in [5.74, 6) is 0.889. The van der Waals surface area contributed by atoms with E-state index < -0.39 is 0 Å². The van der Waals surface area contributed by atoms with Crippen molar-refractivity contribution in [3.8, 4) is 0 Å². The van der Waals surface area contributed by atoms with Crippen LogP contribution in [0.1, 0.15) is 32.6 Å². The van der Waals surface area contributed by atoms with Crippen LogP contribution in [0.15, 0.2) is 0 Å². The zero-order chi connectivity index (χ0) is 13.8. The summed E-state index contributed by atoms with van der Waals surface area (Å²) in [5, 5.41) is 0. The zero-order valence-electron chi connectivity index (χ0n) is 12.9. The fourth-order valence-corrected chi connectivity index (χ4v) is 3.29. The van der Waals surface area contributed by atoms with Crippen molar-refractivity contribution < 1.29 is 9.47 Å². The van der Waals surface area contributed by atoms with E-state index in [1.807, 2.05) is 0 Å². The van der Waals surface area contributed by atoms with Crippen LogP contribution in [0.3, 0.4) is 0 Å². The fraction of sp³-hybridized carbons (Fsp3) is 1.00. The van der Waals surface area contributed by atoms with E-state index in [-0.39, 0.29) is 0 Å². The molecule has 3 aliphatic rings. The molecule has 0 N–H and O–H groups in total. The molecular weight excluding hydrogens is 252 g/mol. The van der Waals surface area contributed by atoms with Crippen LogP contribution in [0, 0.1) is 5.92 Å². The molecule has 0 aromatic rings. The van der Waals surface area contributed by atoms with Crippen molar-refractivity contribution in [1.29, 1.82) is 0 Å². The Hall–Kier alpha value is -0.160. The normalized spacial score (nSPS) is 33.5. The van der Waals surface area contributed by atoms with Crippen molar-refractivity contribution in [1.82, 2.24) is 9.80 Å². The molecule has 0 aromatic heterocycles. The lowest BCUT2D eigenvalue weighted by atomic mass is 10.1. The van der Waals surface area contributed by atoms with Gasteiger partial charge in [0.15, 0.2) is 0 Å². The molecule has 4 nitrogen and oxygen atoms in total. The molecule has 3 rings (SSSR count). The molecule has 4 heteroatoms. The van der Waals surface area contributed by atoms with Crippen LogP contribution in [-0.2, 0) is 9.47 Å². The lowest BCUT2D eigenvalue weighted by molar-refractivity contribution is -0.0296. The molecule has 0 unspecified atom stereocenters. The van der Waals surface area contributed by atoms with Gasteiger partial charge >= 0.3 is 0 Å². The largest absolute Gasteiger partial charge is 0.377 e. The average Bonchev–Trinajstić information content (AvgIpc) is 3.28. The highest BCUT2D eigenvalue weighted by Gasteiger charge is 2.26. The van der Waals surface area contributed by atoms with Gasteiger partial charge in [0, 0.05) is 39.3 Å². The highest BCUT2D eigenvalue weighted by Crippen LogP contribution is 2.29. The van der Waals surface area contributed by atoms with Gasteiger partial charge in [-0.15, -0.1) is 0 Å². The Morgan fingerprint density at radius 3 is 2.60 bits per heavy atom. The number of nitrogens with zero attached hydrogens (tertiary/aromatic N) is 2. The van der Waals surface area contributed by atoms with E-state index in [2.05, 4.69) is 16.7 Å². The SMILES string of the molecule is C[C@@H]1CN(CCN2CCC[C@H](OCC3CC3)C2)CCO1. The van der Waals surface area contributed by atoms with Gasteiger partial charge in [0.1, 0.15) is 0 Å². The summed E-state index contributed by atoms with van der Waals surface area (Å²) in [4.78, 5) is 5.14. The molecule has 116 valence electrons. The second-order valence-electron chi connectivity index (χ2n) is 6.82. The van der Waals surface area contributed by atoms with E-state index >= 15 is 0 Å². The first-order chi connectivity index (χ1) is 9.79. The minimum Gasteiger partial charge on any atom is -0.377 e. The molecule has 0 spiro atoms. The van der Waals surface area contributed by atoms with E-state index in [1.165, 1.54) is 45.3 Å². The van der Waals surface area contributed by atoms with Gasteiger partial charge in [-0.05, 0) is 45.1 Å². The summed E-state index contributed by atoms with van der Waals surface area (Å²) in [7, 11) is 0. The van der Waals surface area contributed by atoms with Gasteiger partial charge in [0.25, 0.3) is 0 Å². The minimum atomic E-state index is 0.403. The smallest absolute Gasteiger partial charge is 0.0702 e. The van der Waals surface area contributed by atoms with Gasteiger partial charge in [-0.25, -0.2) is 0 Å². The van der Waals surface area contributed by atoms with Gasteiger partial charge in [-0.3, -0.25) is 9.80 Å². The molecule has 2 heterocycles. The van der Waals surface area contributed by atoms with Crippen molar-refractivity contribution in [2.24, 2.45) is 5.92 Å². The summed E-state index contributed by atoms with van der Waals surface area (Å²) in [6, 6.07) is 0. The van der Waals surface area contributed by atoms with Crippen LogP contribution in [-0.4, -0.2) is 74.5 Å². The third-order valence-electron chi connectivity index (χ3n) is 4.78. The summed E-state index contributed by atoms with van der Waals surface area (Å²) in [6.07, 6.45) is 6.25. The van der Waals surface area contributed by atoms with Gasteiger partial charge in [-0.2, -0.15) is 0 Å². The molecule has 20 heavy (non-hydrogen) atoms. The second kappa shape index (κ2) is 7.21. The highest BCUT2D eigenvalue weighted by atomic mass is 16.5. The van der Waals surface area contributed by atoms with Gasteiger partial charge in [-0.1, -0.05) is 0 Å². The molecule has 2 aliphatic heterocycles. The number of likely N-dealkylation sites (tertiary alicyclic amines) is 1. The third-order valence-corrected chi connectivity index (χ3v) is 4.78. The van der Waals surface area contributed by atoms with Crippen molar-refractivity contribution >= 4 is 0 Å². The van der Waals surface area contributed by atoms with Crippen molar-refractivity contribution in [3.05, 3.63) is 0 Å². The zero-order valence-corrected chi connectivity index (χ0v) is 12.9. The summed E-state index contributed by atoms with van der Waals surface area (Å²) < 4.78 is 11.7. The molecule has 0 radical (unpaired) electrons. The van der Waals surface area contributed by atoms with Crippen molar-refractivity contribution in [2.45, 2.75) is 44.8 Å². The topological polar surface area (TPSA) is 24.9 Å². The molecular formula is C16H30N2O2. The van der Waals surface area contributed by atoms with E-state index in [1.54, 1.807) is 0 Å². The average molecular weight is 282 g/mol. The lowest BCUT2D eigenvalue weighted by Gasteiger charge is -2.36. The minimum absolute atomic E-state index is 0.403. The van der Waals surface area contributed by atoms with E-state index in [0.717, 1.165) is 38.8 Å². The molecule has 0 bridgehead atoms. The molecule has 2 saturated heterocycles. The number of morpholine rings is 1. The van der Waals surface area contributed by atoms with Crippen molar-refractivity contribution in [3.63, 3.8) is 0 Å². The molecule has 3 fully saturated rings.